The lowest BCUT2D eigenvalue weighted by Gasteiger charge is -2.33. The molecule has 5 rings (SSSR count). The number of nitrogens with zero attached hydrogens (tertiary/aromatic N) is 3. The predicted octanol–water partition coefficient (Wildman–Crippen LogP) is 3.84. The van der Waals surface area contributed by atoms with Crippen molar-refractivity contribution in [2.75, 3.05) is 26.2 Å². The van der Waals surface area contributed by atoms with E-state index in [0.29, 0.717) is 36.8 Å². The van der Waals surface area contributed by atoms with E-state index in [1.807, 2.05) is 42.5 Å². The molecule has 3 aromatic rings. The number of amides is 1. The van der Waals surface area contributed by atoms with Gasteiger partial charge in [-0.3, -0.25) is 4.79 Å². The van der Waals surface area contributed by atoms with Crippen molar-refractivity contribution in [2.24, 2.45) is 0 Å². The number of rotatable bonds is 4. The quantitative estimate of drug-likeness (QED) is 0.585. The molecule has 166 valence electrons. The maximum atomic E-state index is 13.2. The Morgan fingerprint density at radius 1 is 0.906 bits per heavy atom. The van der Waals surface area contributed by atoms with Crippen molar-refractivity contribution in [3.8, 4) is 10.6 Å². The van der Waals surface area contributed by atoms with Crippen LogP contribution >= 0.6 is 11.3 Å². The molecule has 0 radical (unpaired) electrons. The predicted molar refractivity (Wildman–Crippen MR) is 125 cm³/mol. The molecule has 0 saturated carbocycles. The van der Waals surface area contributed by atoms with E-state index < -0.39 is 10.0 Å². The second kappa shape index (κ2) is 8.77. The molecule has 2 aromatic carbocycles. The standard InChI is InChI=1S/C24H25N3O3S2/c28-24(22-17-31-23(25-22)19-7-2-1-3-8-19)26-12-14-27(15-13-26)32(29,30)21-11-10-18-6-4-5-9-20(18)16-21/h1-3,7-8,10-11,16-17H,4-6,9,12-15H2. The van der Waals surface area contributed by atoms with Crippen LogP contribution in [0.2, 0.25) is 0 Å². The largest absolute Gasteiger partial charge is 0.335 e. The monoisotopic (exact) mass is 467 g/mol. The average Bonchev–Trinajstić information content (AvgIpc) is 3.34. The molecule has 0 spiro atoms. The SMILES string of the molecule is O=C(c1csc(-c2ccccc2)n1)N1CCN(S(=O)(=O)c2ccc3c(c2)CCCC3)CC1. The minimum absolute atomic E-state index is 0.144. The summed E-state index contributed by atoms with van der Waals surface area (Å²) in [6, 6.07) is 15.3. The van der Waals surface area contributed by atoms with Crippen LogP contribution in [-0.2, 0) is 22.9 Å². The van der Waals surface area contributed by atoms with E-state index in [1.54, 1.807) is 16.3 Å². The van der Waals surface area contributed by atoms with E-state index in [-0.39, 0.29) is 5.91 Å². The molecule has 2 aliphatic rings. The van der Waals surface area contributed by atoms with Gasteiger partial charge in [-0.05, 0) is 48.9 Å². The molecule has 32 heavy (non-hydrogen) atoms. The molecule has 0 atom stereocenters. The van der Waals surface area contributed by atoms with E-state index in [0.717, 1.165) is 35.4 Å². The average molecular weight is 468 g/mol. The van der Waals surface area contributed by atoms with Gasteiger partial charge in [0.15, 0.2) is 0 Å². The number of carbonyl (C=O) groups is 1. The first-order chi connectivity index (χ1) is 15.5. The van der Waals surface area contributed by atoms with Crippen LogP contribution < -0.4 is 0 Å². The number of fused-ring (bicyclic) bond motifs is 1. The van der Waals surface area contributed by atoms with Crippen molar-refractivity contribution >= 4 is 27.3 Å². The molecule has 1 saturated heterocycles. The highest BCUT2D eigenvalue weighted by molar-refractivity contribution is 7.89. The molecular weight excluding hydrogens is 442 g/mol. The van der Waals surface area contributed by atoms with Crippen LogP contribution in [0, 0.1) is 0 Å². The Balaban J connectivity index is 1.26. The third-order valence-electron chi connectivity index (χ3n) is 6.23. The van der Waals surface area contributed by atoms with Gasteiger partial charge in [0.1, 0.15) is 10.7 Å². The van der Waals surface area contributed by atoms with Crippen molar-refractivity contribution in [1.82, 2.24) is 14.2 Å². The molecule has 1 amide bonds. The maximum absolute atomic E-state index is 13.2. The van der Waals surface area contributed by atoms with E-state index in [1.165, 1.54) is 27.6 Å². The highest BCUT2D eigenvalue weighted by Gasteiger charge is 2.31. The summed E-state index contributed by atoms with van der Waals surface area (Å²) in [5.41, 5.74) is 3.82. The first kappa shape index (κ1) is 21.3. The third-order valence-corrected chi connectivity index (χ3v) is 9.01. The van der Waals surface area contributed by atoms with Gasteiger partial charge in [0.2, 0.25) is 10.0 Å². The highest BCUT2D eigenvalue weighted by atomic mass is 32.2. The molecule has 0 bridgehead atoms. The lowest BCUT2D eigenvalue weighted by molar-refractivity contribution is 0.0693. The molecule has 2 heterocycles. The molecule has 6 nitrogen and oxygen atoms in total. The zero-order valence-electron chi connectivity index (χ0n) is 17.7. The number of hydrogen-bond donors (Lipinski definition) is 0. The summed E-state index contributed by atoms with van der Waals surface area (Å²) in [7, 11) is -3.56. The summed E-state index contributed by atoms with van der Waals surface area (Å²) < 4.78 is 27.9. The van der Waals surface area contributed by atoms with Gasteiger partial charge < -0.3 is 4.90 Å². The molecule has 1 aliphatic carbocycles. The number of benzene rings is 2. The summed E-state index contributed by atoms with van der Waals surface area (Å²) in [5, 5.41) is 2.59. The van der Waals surface area contributed by atoms with Crippen molar-refractivity contribution in [1.29, 1.82) is 0 Å². The Morgan fingerprint density at radius 2 is 1.62 bits per heavy atom. The van der Waals surface area contributed by atoms with Crippen LogP contribution in [0.4, 0.5) is 0 Å². The maximum Gasteiger partial charge on any atom is 0.273 e. The van der Waals surface area contributed by atoms with Crippen molar-refractivity contribution in [3.05, 3.63) is 70.7 Å². The summed E-state index contributed by atoms with van der Waals surface area (Å²) >= 11 is 1.44. The summed E-state index contributed by atoms with van der Waals surface area (Å²) in [6.07, 6.45) is 4.25. The number of thiazole rings is 1. The van der Waals surface area contributed by atoms with Crippen LogP contribution in [0.1, 0.15) is 34.5 Å². The van der Waals surface area contributed by atoms with Gasteiger partial charge in [0.25, 0.3) is 5.91 Å². The fourth-order valence-corrected chi connectivity index (χ4v) is 6.67. The summed E-state index contributed by atoms with van der Waals surface area (Å²) in [4.78, 5) is 19.5. The van der Waals surface area contributed by atoms with Crippen molar-refractivity contribution in [2.45, 2.75) is 30.6 Å². The molecule has 8 heteroatoms. The van der Waals surface area contributed by atoms with E-state index in [4.69, 9.17) is 0 Å². The van der Waals surface area contributed by atoms with Gasteiger partial charge >= 0.3 is 0 Å². The minimum Gasteiger partial charge on any atom is -0.335 e. The van der Waals surface area contributed by atoms with Gasteiger partial charge in [-0.25, -0.2) is 13.4 Å². The van der Waals surface area contributed by atoms with Gasteiger partial charge in [0.05, 0.1) is 4.90 Å². The summed E-state index contributed by atoms with van der Waals surface area (Å²) in [5.74, 6) is -0.144. The van der Waals surface area contributed by atoms with E-state index >= 15 is 0 Å². The fourth-order valence-electron chi connectivity index (χ4n) is 4.40. The smallest absolute Gasteiger partial charge is 0.273 e. The Labute approximate surface area is 192 Å². The normalized spacial score (nSPS) is 17.2. The second-order valence-corrected chi connectivity index (χ2v) is 11.0. The molecule has 0 unspecified atom stereocenters. The molecule has 0 N–H and O–H groups in total. The molecule has 1 fully saturated rings. The first-order valence-corrected chi connectivity index (χ1v) is 13.3. The first-order valence-electron chi connectivity index (χ1n) is 10.9. The van der Waals surface area contributed by atoms with Gasteiger partial charge in [-0.1, -0.05) is 36.4 Å². The minimum atomic E-state index is -3.56. The Morgan fingerprint density at radius 3 is 2.38 bits per heavy atom. The number of sulfonamides is 1. The fraction of sp³-hybridized carbons (Fsp3) is 0.333. The number of piperazine rings is 1. The topological polar surface area (TPSA) is 70.6 Å². The lowest BCUT2D eigenvalue weighted by Crippen LogP contribution is -2.50. The second-order valence-electron chi connectivity index (χ2n) is 8.24. The third kappa shape index (κ3) is 4.10. The van der Waals surface area contributed by atoms with E-state index in [9.17, 15) is 13.2 Å². The van der Waals surface area contributed by atoms with Crippen molar-refractivity contribution in [3.63, 3.8) is 0 Å². The molecule has 1 aromatic heterocycles. The number of hydrogen-bond acceptors (Lipinski definition) is 5. The van der Waals surface area contributed by atoms with Crippen LogP contribution in [0.25, 0.3) is 10.6 Å². The van der Waals surface area contributed by atoms with Crippen LogP contribution in [0.5, 0.6) is 0 Å². The van der Waals surface area contributed by atoms with Gasteiger partial charge in [-0.15, -0.1) is 11.3 Å². The summed E-state index contributed by atoms with van der Waals surface area (Å²) in [6.45, 7) is 1.31. The van der Waals surface area contributed by atoms with Crippen LogP contribution in [0.15, 0.2) is 58.8 Å². The van der Waals surface area contributed by atoms with Crippen molar-refractivity contribution < 1.29 is 13.2 Å². The Kier molecular flexibility index (Phi) is 5.84. The number of carbonyl (C=O) groups excluding carboxylic acids is 1. The zero-order chi connectivity index (χ0) is 22.1. The van der Waals surface area contributed by atoms with Crippen LogP contribution in [-0.4, -0.2) is 54.7 Å². The Hall–Kier alpha value is -2.55. The van der Waals surface area contributed by atoms with Gasteiger partial charge in [0, 0.05) is 37.1 Å². The Bertz CT molecular complexity index is 1230. The lowest BCUT2D eigenvalue weighted by atomic mass is 9.92. The van der Waals surface area contributed by atoms with Crippen LogP contribution in [0.3, 0.4) is 0 Å². The number of aryl methyl sites for hydroxylation is 2. The molecule has 1 aliphatic heterocycles. The zero-order valence-corrected chi connectivity index (χ0v) is 19.4. The van der Waals surface area contributed by atoms with E-state index in [2.05, 4.69) is 4.98 Å². The number of aromatic nitrogens is 1. The molecular formula is C24H25N3O3S2. The van der Waals surface area contributed by atoms with Gasteiger partial charge in [-0.2, -0.15) is 4.31 Å². The highest BCUT2D eigenvalue weighted by Crippen LogP contribution is 2.27.